The molecule has 11 nitrogen and oxygen atoms in total. The summed E-state index contributed by atoms with van der Waals surface area (Å²) in [6.07, 6.45) is -0.179. The van der Waals surface area contributed by atoms with Gasteiger partial charge in [0.05, 0.1) is 12.5 Å². The highest BCUT2D eigenvalue weighted by atomic mass is 32.1. The van der Waals surface area contributed by atoms with E-state index in [1.54, 1.807) is 0 Å². The third kappa shape index (κ3) is 11.6. The Hall–Kier alpha value is -2.34. The van der Waals surface area contributed by atoms with Crippen molar-refractivity contribution in [3.8, 4) is 0 Å². The maximum absolute atomic E-state index is 12.7. The molecule has 12 heteroatoms. The number of amides is 3. The average molecular weight is 463 g/mol. The predicted octanol–water partition coefficient (Wildman–Crippen LogP) is -0.651. The van der Waals surface area contributed by atoms with Crippen molar-refractivity contribution in [3.05, 3.63) is 0 Å². The summed E-state index contributed by atoms with van der Waals surface area (Å²) >= 11 is 4.06. The fraction of sp³-hybridized carbons (Fsp3) is 0.737. The quantitative estimate of drug-likeness (QED) is 0.166. The molecule has 0 aromatic heterocycles. The van der Waals surface area contributed by atoms with E-state index in [1.165, 1.54) is 0 Å². The number of carboxylic acids is 2. The molecule has 0 radical (unpaired) electrons. The van der Waals surface area contributed by atoms with Gasteiger partial charge in [-0.25, -0.2) is 4.79 Å². The van der Waals surface area contributed by atoms with Crippen LogP contribution in [0.25, 0.3) is 0 Å². The summed E-state index contributed by atoms with van der Waals surface area (Å²) in [5.41, 5.74) is 5.54. The molecule has 3 amide bonds. The van der Waals surface area contributed by atoms with Crippen LogP contribution in [-0.4, -0.2) is 69.8 Å². The van der Waals surface area contributed by atoms with Crippen molar-refractivity contribution < 1.29 is 34.2 Å². The number of carbonyl (C=O) groups excluding carboxylic acids is 3. The van der Waals surface area contributed by atoms with E-state index in [0.717, 1.165) is 0 Å². The van der Waals surface area contributed by atoms with E-state index in [0.29, 0.717) is 0 Å². The second-order valence-corrected chi connectivity index (χ2v) is 8.53. The zero-order chi connectivity index (χ0) is 24.3. The molecule has 4 atom stereocenters. The first-order chi connectivity index (χ1) is 14.3. The number of aliphatic carboxylic acids is 2. The van der Waals surface area contributed by atoms with Crippen LogP contribution in [0.3, 0.4) is 0 Å². The van der Waals surface area contributed by atoms with Crippen molar-refractivity contribution >= 4 is 42.3 Å². The predicted molar refractivity (Wildman–Crippen MR) is 116 cm³/mol. The summed E-state index contributed by atoms with van der Waals surface area (Å²) < 4.78 is 0. The van der Waals surface area contributed by atoms with Crippen molar-refractivity contribution in [2.45, 2.75) is 71.1 Å². The van der Waals surface area contributed by atoms with Crippen LogP contribution in [0.4, 0.5) is 0 Å². The normalized spacial score (nSPS) is 15.0. The number of hydrogen-bond acceptors (Lipinski definition) is 7. The monoisotopic (exact) mass is 462 g/mol. The Balaban J connectivity index is 5.25. The largest absolute Gasteiger partial charge is 0.481 e. The lowest BCUT2D eigenvalue weighted by atomic mass is 10.0. The minimum absolute atomic E-state index is 0.0162. The minimum Gasteiger partial charge on any atom is -0.481 e. The van der Waals surface area contributed by atoms with E-state index in [9.17, 15) is 29.1 Å². The van der Waals surface area contributed by atoms with Gasteiger partial charge in [0.25, 0.3) is 0 Å². The van der Waals surface area contributed by atoms with Gasteiger partial charge < -0.3 is 31.9 Å². The lowest BCUT2D eigenvalue weighted by Gasteiger charge is -2.25. The summed E-state index contributed by atoms with van der Waals surface area (Å²) in [5, 5.41) is 25.3. The molecule has 0 aliphatic heterocycles. The average Bonchev–Trinajstić information content (AvgIpc) is 2.63. The van der Waals surface area contributed by atoms with E-state index in [4.69, 9.17) is 10.8 Å². The Morgan fingerprint density at radius 1 is 0.774 bits per heavy atom. The first-order valence-electron chi connectivity index (χ1n) is 10.0. The van der Waals surface area contributed by atoms with Gasteiger partial charge in [0.15, 0.2) is 0 Å². The second-order valence-electron chi connectivity index (χ2n) is 8.17. The van der Waals surface area contributed by atoms with Crippen molar-refractivity contribution in [3.63, 3.8) is 0 Å². The van der Waals surface area contributed by atoms with Gasteiger partial charge in [-0.3, -0.25) is 19.2 Å². The Morgan fingerprint density at radius 3 is 1.61 bits per heavy atom. The van der Waals surface area contributed by atoms with Crippen LogP contribution in [0.1, 0.15) is 47.0 Å². The number of carbonyl (C=O) groups is 5. The van der Waals surface area contributed by atoms with Crippen molar-refractivity contribution in [2.75, 3.05) is 5.75 Å². The molecular weight excluding hydrogens is 428 g/mol. The second kappa shape index (κ2) is 13.9. The highest BCUT2D eigenvalue weighted by molar-refractivity contribution is 7.80. The van der Waals surface area contributed by atoms with Gasteiger partial charge in [-0.1, -0.05) is 27.7 Å². The molecule has 0 heterocycles. The first kappa shape index (κ1) is 28.7. The van der Waals surface area contributed by atoms with E-state index in [1.807, 2.05) is 27.7 Å². The van der Waals surface area contributed by atoms with Gasteiger partial charge in [0, 0.05) is 5.75 Å². The minimum atomic E-state index is -1.34. The van der Waals surface area contributed by atoms with Crippen LogP contribution >= 0.6 is 12.6 Å². The van der Waals surface area contributed by atoms with Crippen LogP contribution in [0, 0.1) is 11.8 Å². The summed E-state index contributed by atoms with van der Waals surface area (Å²) in [4.78, 5) is 59.5. The third-order valence-electron chi connectivity index (χ3n) is 4.21. The zero-order valence-corrected chi connectivity index (χ0v) is 19.1. The molecule has 0 aromatic carbocycles. The first-order valence-corrected chi connectivity index (χ1v) is 10.6. The number of nitrogens with one attached hydrogen (secondary N) is 3. The van der Waals surface area contributed by atoms with E-state index >= 15 is 0 Å². The molecule has 0 aliphatic rings. The molecule has 7 N–H and O–H groups in total. The summed E-state index contributed by atoms with van der Waals surface area (Å²) in [6.45, 7) is 7.26. The Labute approximate surface area is 187 Å². The maximum Gasteiger partial charge on any atom is 0.326 e. The fourth-order valence-electron chi connectivity index (χ4n) is 2.69. The number of hydrogen-bond donors (Lipinski definition) is 7. The smallest absolute Gasteiger partial charge is 0.326 e. The standard InChI is InChI=1S/C19H34N4O7S/c1-9(2)5-12(21-16(26)11(20)7-15(24)25)17(27)23-14(8-31)18(28)22-13(19(29)30)6-10(3)4/h9-14,31H,5-8,20H2,1-4H3,(H,21,26)(H,22,28)(H,23,27)(H,24,25)(H,29,30). The van der Waals surface area contributed by atoms with E-state index < -0.39 is 60.2 Å². The van der Waals surface area contributed by atoms with Gasteiger partial charge in [-0.15, -0.1) is 0 Å². The molecule has 0 saturated heterocycles. The van der Waals surface area contributed by atoms with Crippen LogP contribution in [0.15, 0.2) is 0 Å². The number of rotatable bonds is 14. The van der Waals surface area contributed by atoms with Crippen LogP contribution < -0.4 is 21.7 Å². The van der Waals surface area contributed by atoms with Crippen LogP contribution in [-0.2, 0) is 24.0 Å². The Kier molecular flexibility index (Phi) is 12.8. The zero-order valence-electron chi connectivity index (χ0n) is 18.3. The molecule has 0 rings (SSSR count). The molecular formula is C19H34N4O7S. The Bertz CT molecular complexity index is 657. The molecule has 0 fully saturated rings. The third-order valence-corrected chi connectivity index (χ3v) is 4.57. The summed E-state index contributed by atoms with van der Waals surface area (Å²) in [7, 11) is 0. The fourth-order valence-corrected chi connectivity index (χ4v) is 2.95. The maximum atomic E-state index is 12.7. The van der Waals surface area contributed by atoms with Crippen molar-refractivity contribution in [1.29, 1.82) is 0 Å². The number of nitrogens with two attached hydrogens (primary N) is 1. The lowest BCUT2D eigenvalue weighted by Crippen LogP contribution is -2.58. The molecule has 178 valence electrons. The molecule has 31 heavy (non-hydrogen) atoms. The lowest BCUT2D eigenvalue weighted by molar-refractivity contribution is -0.142. The number of carboxylic acid groups (broad SMARTS) is 2. The SMILES string of the molecule is CC(C)CC(NC(=O)C(CS)NC(=O)C(CC(C)C)NC(=O)C(N)CC(=O)O)C(=O)O. The molecule has 4 unspecified atom stereocenters. The van der Waals surface area contributed by atoms with Crippen LogP contribution in [0.5, 0.6) is 0 Å². The topological polar surface area (TPSA) is 188 Å². The van der Waals surface area contributed by atoms with Crippen LogP contribution in [0.2, 0.25) is 0 Å². The summed E-state index contributed by atoms with van der Waals surface area (Å²) in [6, 6.07) is -4.65. The van der Waals surface area contributed by atoms with Crippen molar-refractivity contribution in [1.82, 2.24) is 16.0 Å². The Morgan fingerprint density at radius 2 is 1.19 bits per heavy atom. The molecule has 0 aromatic rings. The molecule has 0 bridgehead atoms. The van der Waals surface area contributed by atoms with Gasteiger partial charge in [0.2, 0.25) is 17.7 Å². The molecule has 0 spiro atoms. The van der Waals surface area contributed by atoms with Gasteiger partial charge in [0.1, 0.15) is 18.1 Å². The highest BCUT2D eigenvalue weighted by Gasteiger charge is 2.30. The van der Waals surface area contributed by atoms with Gasteiger partial charge in [-0.05, 0) is 24.7 Å². The highest BCUT2D eigenvalue weighted by Crippen LogP contribution is 2.08. The van der Waals surface area contributed by atoms with E-state index in [-0.39, 0.29) is 30.4 Å². The van der Waals surface area contributed by atoms with E-state index in [2.05, 4.69) is 28.6 Å². The van der Waals surface area contributed by atoms with Gasteiger partial charge in [-0.2, -0.15) is 12.6 Å². The van der Waals surface area contributed by atoms with Gasteiger partial charge >= 0.3 is 11.9 Å². The molecule has 0 aliphatic carbocycles. The van der Waals surface area contributed by atoms with Crippen molar-refractivity contribution in [2.24, 2.45) is 17.6 Å². The number of thiol groups is 1. The molecule has 0 saturated carbocycles. The summed E-state index contributed by atoms with van der Waals surface area (Å²) in [5.74, 6) is -4.76.